The van der Waals surface area contributed by atoms with Gasteiger partial charge in [0.2, 0.25) is 0 Å². The Hall–Kier alpha value is -1.60. The molecule has 0 bridgehead atoms. The lowest BCUT2D eigenvalue weighted by atomic mass is 9.93. The summed E-state index contributed by atoms with van der Waals surface area (Å²) in [5, 5.41) is 0. The van der Waals surface area contributed by atoms with Gasteiger partial charge in [-0.25, -0.2) is 0 Å². The third kappa shape index (κ3) is 3.49. The Kier molecular flexibility index (Phi) is 4.97. The first-order valence-electron chi connectivity index (χ1n) is 7.54. The highest BCUT2D eigenvalue weighted by Crippen LogP contribution is 2.22. The lowest BCUT2D eigenvalue weighted by Crippen LogP contribution is -2.15. The van der Waals surface area contributed by atoms with Gasteiger partial charge in [0.15, 0.2) is 0 Å². The van der Waals surface area contributed by atoms with Crippen LogP contribution >= 0.6 is 0 Å². The molecular weight excluding hydrogens is 242 g/mol. The normalized spacial score (nSPS) is 12.7. The van der Waals surface area contributed by atoms with Gasteiger partial charge in [0.25, 0.3) is 0 Å². The van der Waals surface area contributed by atoms with E-state index in [2.05, 4.69) is 69.3 Å². The summed E-state index contributed by atoms with van der Waals surface area (Å²) in [4.78, 5) is 0. The molecule has 2 rings (SSSR count). The average Bonchev–Trinajstić information content (AvgIpc) is 2.47. The van der Waals surface area contributed by atoms with Gasteiger partial charge in [-0.2, -0.15) is 0 Å². The molecular formula is C19H25N. The van der Waals surface area contributed by atoms with Crippen LogP contribution in [0.4, 0.5) is 0 Å². The molecule has 2 aromatic rings. The summed E-state index contributed by atoms with van der Waals surface area (Å²) in [6, 6.07) is 17.5. The minimum absolute atomic E-state index is 0.0797. The number of rotatable bonds is 5. The Morgan fingerprint density at radius 2 is 1.60 bits per heavy atom. The second-order valence-electron chi connectivity index (χ2n) is 5.76. The van der Waals surface area contributed by atoms with Crippen LogP contribution in [-0.4, -0.2) is 0 Å². The highest BCUT2D eigenvalue weighted by Gasteiger charge is 2.10. The first-order chi connectivity index (χ1) is 9.61. The molecule has 1 heteroatoms. The highest BCUT2D eigenvalue weighted by atomic mass is 14.6. The summed E-state index contributed by atoms with van der Waals surface area (Å²) in [5.41, 5.74) is 11.7. The lowest BCUT2D eigenvalue weighted by molar-refractivity contribution is 0.711. The largest absolute Gasteiger partial charge is 0.324 e. The van der Waals surface area contributed by atoms with Crippen LogP contribution in [0.15, 0.2) is 48.5 Å². The molecule has 0 amide bonds. The molecule has 106 valence electrons. The Bertz CT molecular complexity index is 540. The standard InChI is InChI=1S/C19H25N/c1-4-16-7-5-6-8-18(16)19(20)13-15-9-11-17(12-10-15)14(2)3/h5-12,14,19H,4,13,20H2,1-3H3. The molecule has 0 radical (unpaired) electrons. The van der Waals surface area contributed by atoms with Gasteiger partial charge in [0.05, 0.1) is 0 Å². The molecule has 2 aromatic carbocycles. The van der Waals surface area contributed by atoms with Gasteiger partial charge in [0, 0.05) is 6.04 Å². The van der Waals surface area contributed by atoms with Crippen molar-refractivity contribution < 1.29 is 0 Å². The van der Waals surface area contributed by atoms with E-state index in [1.54, 1.807) is 0 Å². The zero-order valence-electron chi connectivity index (χ0n) is 12.8. The van der Waals surface area contributed by atoms with Crippen LogP contribution in [0.25, 0.3) is 0 Å². The SMILES string of the molecule is CCc1ccccc1C(N)Cc1ccc(C(C)C)cc1. The second kappa shape index (κ2) is 6.71. The molecule has 0 fully saturated rings. The van der Waals surface area contributed by atoms with Crippen LogP contribution in [0.3, 0.4) is 0 Å². The fourth-order valence-electron chi connectivity index (χ4n) is 2.62. The van der Waals surface area contributed by atoms with Crippen LogP contribution in [0.5, 0.6) is 0 Å². The van der Waals surface area contributed by atoms with E-state index in [0.29, 0.717) is 5.92 Å². The van der Waals surface area contributed by atoms with Gasteiger partial charge >= 0.3 is 0 Å². The molecule has 0 aliphatic rings. The quantitative estimate of drug-likeness (QED) is 0.840. The third-order valence-corrected chi connectivity index (χ3v) is 3.94. The second-order valence-corrected chi connectivity index (χ2v) is 5.76. The fraction of sp³-hybridized carbons (Fsp3) is 0.368. The van der Waals surface area contributed by atoms with E-state index in [-0.39, 0.29) is 6.04 Å². The number of benzene rings is 2. The maximum atomic E-state index is 6.40. The van der Waals surface area contributed by atoms with Gasteiger partial charge in [0.1, 0.15) is 0 Å². The van der Waals surface area contributed by atoms with Crippen LogP contribution < -0.4 is 5.73 Å². The molecule has 20 heavy (non-hydrogen) atoms. The van der Waals surface area contributed by atoms with Crippen molar-refractivity contribution >= 4 is 0 Å². The Morgan fingerprint density at radius 3 is 2.20 bits per heavy atom. The Labute approximate surface area is 122 Å². The number of nitrogens with two attached hydrogens (primary N) is 1. The lowest BCUT2D eigenvalue weighted by Gasteiger charge is -2.16. The number of hydrogen-bond donors (Lipinski definition) is 1. The van der Waals surface area contributed by atoms with Crippen molar-refractivity contribution in [3.63, 3.8) is 0 Å². The predicted octanol–water partition coefficient (Wildman–Crippen LogP) is 4.61. The van der Waals surface area contributed by atoms with Crippen molar-refractivity contribution in [2.45, 2.75) is 45.6 Å². The van der Waals surface area contributed by atoms with E-state index >= 15 is 0 Å². The van der Waals surface area contributed by atoms with E-state index in [4.69, 9.17) is 5.73 Å². The average molecular weight is 267 g/mol. The molecule has 1 nitrogen and oxygen atoms in total. The zero-order chi connectivity index (χ0) is 14.5. The summed E-state index contributed by atoms with van der Waals surface area (Å²) in [5.74, 6) is 0.582. The monoisotopic (exact) mass is 267 g/mol. The summed E-state index contributed by atoms with van der Waals surface area (Å²) >= 11 is 0. The maximum Gasteiger partial charge on any atom is 0.0338 e. The van der Waals surface area contributed by atoms with Crippen molar-refractivity contribution in [2.75, 3.05) is 0 Å². The number of aryl methyl sites for hydroxylation is 1. The molecule has 1 atom stereocenters. The van der Waals surface area contributed by atoms with Gasteiger partial charge in [-0.05, 0) is 41.0 Å². The summed E-state index contributed by atoms with van der Waals surface area (Å²) in [6.07, 6.45) is 1.94. The van der Waals surface area contributed by atoms with Gasteiger partial charge in [-0.1, -0.05) is 69.3 Å². The van der Waals surface area contributed by atoms with Crippen molar-refractivity contribution in [3.8, 4) is 0 Å². The maximum absolute atomic E-state index is 6.40. The van der Waals surface area contributed by atoms with Crippen LogP contribution in [0, 0.1) is 0 Å². The first kappa shape index (κ1) is 14.8. The van der Waals surface area contributed by atoms with E-state index in [9.17, 15) is 0 Å². The first-order valence-corrected chi connectivity index (χ1v) is 7.54. The van der Waals surface area contributed by atoms with Crippen molar-refractivity contribution in [1.29, 1.82) is 0 Å². The minimum Gasteiger partial charge on any atom is -0.324 e. The molecule has 0 aromatic heterocycles. The van der Waals surface area contributed by atoms with Crippen molar-refractivity contribution in [1.82, 2.24) is 0 Å². The molecule has 1 unspecified atom stereocenters. The number of hydrogen-bond acceptors (Lipinski definition) is 1. The van der Waals surface area contributed by atoms with Gasteiger partial charge in [-0.3, -0.25) is 0 Å². The van der Waals surface area contributed by atoms with Gasteiger partial charge in [-0.15, -0.1) is 0 Å². The fourth-order valence-corrected chi connectivity index (χ4v) is 2.62. The van der Waals surface area contributed by atoms with E-state index in [1.807, 2.05) is 0 Å². The molecule has 0 aliphatic heterocycles. The highest BCUT2D eigenvalue weighted by molar-refractivity contribution is 5.32. The molecule has 0 aliphatic carbocycles. The topological polar surface area (TPSA) is 26.0 Å². The predicted molar refractivity (Wildman–Crippen MR) is 87.0 cm³/mol. The van der Waals surface area contributed by atoms with Crippen molar-refractivity contribution in [2.24, 2.45) is 5.73 Å². The Balaban J connectivity index is 2.13. The zero-order valence-corrected chi connectivity index (χ0v) is 12.8. The van der Waals surface area contributed by atoms with E-state index in [1.165, 1.54) is 22.3 Å². The van der Waals surface area contributed by atoms with Crippen molar-refractivity contribution in [3.05, 3.63) is 70.8 Å². The molecule has 0 heterocycles. The van der Waals surface area contributed by atoms with E-state index < -0.39 is 0 Å². The smallest absolute Gasteiger partial charge is 0.0338 e. The third-order valence-electron chi connectivity index (χ3n) is 3.94. The molecule has 2 N–H and O–H groups in total. The Morgan fingerprint density at radius 1 is 0.950 bits per heavy atom. The molecule has 0 saturated heterocycles. The summed E-state index contributed by atoms with van der Waals surface area (Å²) in [7, 11) is 0. The minimum atomic E-state index is 0.0797. The molecule has 0 saturated carbocycles. The van der Waals surface area contributed by atoms with Crippen LogP contribution in [-0.2, 0) is 12.8 Å². The van der Waals surface area contributed by atoms with Crippen LogP contribution in [0.2, 0.25) is 0 Å². The van der Waals surface area contributed by atoms with E-state index in [0.717, 1.165) is 12.8 Å². The molecule has 0 spiro atoms. The van der Waals surface area contributed by atoms with Gasteiger partial charge < -0.3 is 5.73 Å². The van der Waals surface area contributed by atoms with Crippen LogP contribution in [0.1, 0.15) is 55.0 Å². The summed E-state index contributed by atoms with van der Waals surface area (Å²) < 4.78 is 0. The summed E-state index contributed by atoms with van der Waals surface area (Å²) in [6.45, 7) is 6.62.